The van der Waals surface area contributed by atoms with E-state index in [4.69, 9.17) is 4.74 Å². The van der Waals surface area contributed by atoms with Crippen molar-refractivity contribution in [2.45, 2.75) is 51.6 Å². The van der Waals surface area contributed by atoms with Gasteiger partial charge in [0, 0.05) is 32.6 Å². The molecule has 3 aliphatic heterocycles. The van der Waals surface area contributed by atoms with Gasteiger partial charge in [0.05, 0.1) is 0 Å². The highest BCUT2D eigenvalue weighted by Gasteiger charge is 2.42. The van der Waals surface area contributed by atoms with Gasteiger partial charge < -0.3 is 14.5 Å². The summed E-state index contributed by atoms with van der Waals surface area (Å²) in [6, 6.07) is 8.01. The lowest BCUT2D eigenvalue weighted by molar-refractivity contribution is -0.146. The van der Waals surface area contributed by atoms with Crippen molar-refractivity contribution in [2.24, 2.45) is 5.41 Å². The van der Waals surface area contributed by atoms with E-state index in [1.807, 2.05) is 34.9 Å². The maximum absolute atomic E-state index is 12.9. The number of para-hydroxylation sites is 1. The summed E-state index contributed by atoms with van der Waals surface area (Å²) in [4.78, 5) is 28.9. The zero-order valence-electron chi connectivity index (χ0n) is 15.6. The largest absolute Gasteiger partial charge is 0.480 e. The normalized spacial score (nSPS) is 25.0. The molecular weight excluding hydrogens is 328 g/mol. The van der Waals surface area contributed by atoms with Crippen LogP contribution in [0, 0.1) is 5.41 Å². The predicted octanol–water partition coefficient (Wildman–Crippen LogP) is 2.63. The highest BCUT2D eigenvalue weighted by atomic mass is 16.5. The van der Waals surface area contributed by atoms with Crippen molar-refractivity contribution >= 4 is 11.8 Å². The molecule has 1 atom stereocenters. The summed E-state index contributed by atoms with van der Waals surface area (Å²) in [6.07, 6.45) is 4.92. The Labute approximate surface area is 155 Å². The standard InChI is InChI=1S/C21H28N2O3/c1-2-22-15-21(10-9-19(22)24)11-13-23(14-12-21)20(25)18-8-7-16-5-3-4-6-17(16)26-18/h3-6,18H,2,7-15H2,1H3/t18-/m1/s1. The van der Waals surface area contributed by atoms with E-state index in [0.717, 1.165) is 64.0 Å². The molecule has 0 unspecified atom stereocenters. The van der Waals surface area contributed by atoms with Gasteiger partial charge in [0.15, 0.2) is 6.10 Å². The third-order valence-electron chi connectivity index (χ3n) is 6.46. The summed E-state index contributed by atoms with van der Waals surface area (Å²) in [7, 11) is 0. The number of carbonyl (C=O) groups is 2. The minimum Gasteiger partial charge on any atom is -0.480 e. The van der Waals surface area contributed by atoms with Crippen LogP contribution in [0.1, 0.15) is 44.6 Å². The molecular formula is C21H28N2O3. The fraction of sp³-hybridized carbons (Fsp3) is 0.619. The molecule has 1 aromatic rings. The number of hydrogen-bond donors (Lipinski definition) is 0. The maximum Gasteiger partial charge on any atom is 0.263 e. The highest BCUT2D eigenvalue weighted by molar-refractivity contribution is 5.82. The number of piperidine rings is 2. The van der Waals surface area contributed by atoms with Gasteiger partial charge in [0.1, 0.15) is 5.75 Å². The van der Waals surface area contributed by atoms with Crippen molar-refractivity contribution in [2.75, 3.05) is 26.2 Å². The molecule has 3 heterocycles. The summed E-state index contributed by atoms with van der Waals surface area (Å²) in [5.74, 6) is 1.27. The van der Waals surface area contributed by atoms with Crippen molar-refractivity contribution in [1.82, 2.24) is 9.80 Å². The van der Waals surface area contributed by atoms with E-state index in [1.54, 1.807) is 0 Å². The van der Waals surface area contributed by atoms with Crippen LogP contribution >= 0.6 is 0 Å². The first-order valence-electron chi connectivity index (χ1n) is 9.91. The third kappa shape index (κ3) is 3.19. The molecule has 0 radical (unpaired) electrons. The first kappa shape index (κ1) is 17.4. The van der Waals surface area contributed by atoms with Gasteiger partial charge in [-0.25, -0.2) is 0 Å². The van der Waals surface area contributed by atoms with Crippen LogP contribution < -0.4 is 4.74 Å². The first-order chi connectivity index (χ1) is 12.6. The Morgan fingerprint density at radius 3 is 2.73 bits per heavy atom. The fourth-order valence-electron chi connectivity index (χ4n) is 4.70. The Balaban J connectivity index is 1.36. The highest BCUT2D eigenvalue weighted by Crippen LogP contribution is 2.40. The maximum atomic E-state index is 12.9. The topological polar surface area (TPSA) is 49.9 Å². The van der Waals surface area contributed by atoms with Crippen molar-refractivity contribution in [3.63, 3.8) is 0 Å². The summed E-state index contributed by atoms with van der Waals surface area (Å²) in [5, 5.41) is 0. The van der Waals surface area contributed by atoms with Crippen LogP contribution in [0.25, 0.3) is 0 Å². The van der Waals surface area contributed by atoms with E-state index in [1.165, 1.54) is 5.56 Å². The molecule has 4 rings (SSSR count). The van der Waals surface area contributed by atoms with Crippen LogP contribution in [-0.4, -0.2) is 53.9 Å². The summed E-state index contributed by atoms with van der Waals surface area (Å²) < 4.78 is 5.99. The van der Waals surface area contributed by atoms with Crippen molar-refractivity contribution in [1.29, 1.82) is 0 Å². The molecule has 5 nitrogen and oxygen atoms in total. The van der Waals surface area contributed by atoms with Crippen molar-refractivity contribution in [3.05, 3.63) is 29.8 Å². The van der Waals surface area contributed by atoms with Crippen LogP contribution in [0.4, 0.5) is 0 Å². The van der Waals surface area contributed by atoms with Crippen molar-refractivity contribution < 1.29 is 14.3 Å². The van der Waals surface area contributed by atoms with Gasteiger partial charge in [-0.2, -0.15) is 0 Å². The molecule has 1 aromatic carbocycles. The Morgan fingerprint density at radius 2 is 1.96 bits per heavy atom. The van der Waals surface area contributed by atoms with Gasteiger partial charge in [0.2, 0.25) is 5.91 Å². The number of nitrogens with zero attached hydrogens (tertiary/aromatic N) is 2. The molecule has 2 fully saturated rings. The number of rotatable bonds is 2. The Kier molecular flexibility index (Phi) is 4.63. The van der Waals surface area contributed by atoms with E-state index in [-0.39, 0.29) is 23.3 Å². The van der Waals surface area contributed by atoms with E-state index in [0.29, 0.717) is 6.42 Å². The number of hydrogen-bond acceptors (Lipinski definition) is 3. The second-order valence-corrected chi connectivity index (χ2v) is 7.99. The zero-order valence-corrected chi connectivity index (χ0v) is 15.6. The van der Waals surface area contributed by atoms with Gasteiger partial charge in [-0.3, -0.25) is 9.59 Å². The molecule has 0 bridgehead atoms. The van der Waals surface area contributed by atoms with E-state index in [9.17, 15) is 9.59 Å². The van der Waals surface area contributed by atoms with E-state index in [2.05, 4.69) is 6.07 Å². The fourth-order valence-corrected chi connectivity index (χ4v) is 4.70. The Hall–Kier alpha value is -2.04. The number of amides is 2. The first-order valence-corrected chi connectivity index (χ1v) is 9.91. The summed E-state index contributed by atoms with van der Waals surface area (Å²) in [5.41, 5.74) is 1.40. The smallest absolute Gasteiger partial charge is 0.263 e. The second kappa shape index (κ2) is 6.93. The SMILES string of the molecule is CCN1CC2(CCC1=O)CCN(C(=O)[C@H]1CCc3ccccc3O1)CC2. The van der Waals surface area contributed by atoms with E-state index < -0.39 is 0 Å². The Morgan fingerprint density at radius 1 is 1.19 bits per heavy atom. The van der Waals surface area contributed by atoms with Gasteiger partial charge in [-0.1, -0.05) is 18.2 Å². The van der Waals surface area contributed by atoms with Gasteiger partial charge in [-0.05, 0) is 56.1 Å². The molecule has 26 heavy (non-hydrogen) atoms. The van der Waals surface area contributed by atoms with Crippen LogP contribution in [0.3, 0.4) is 0 Å². The number of ether oxygens (including phenoxy) is 1. The van der Waals surface area contributed by atoms with Crippen molar-refractivity contribution in [3.8, 4) is 5.75 Å². The molecule has 3 aliphatic rings. The summed E-state index contributed by atoms with van der Waals surface area (Å²) >= 11 is 0. The van der Waals surface area contributed by atoms with Gasteiger partial charge in [0.25, 0.3) is 5.91 Å². The molecule has 1 spiro atoms. The molecule has 2 saturated heterocycles. The van der Waals surface area contributed by atoms with Crippen LogP contribution in [0.5, 0.6) is 5.75 Å². The number of aryl methyl sites for hydroxylation is 1. The predicted molar refractivity (Wildman–Crippen MR) is 98.9 cm³/mol. The minimum atomic E-state index is -0.348. The minimum absolute atomic E-state index is 0.133. The zero-order chi connectivity index (χ0) is 18.1. The number of likely N-dealkylation sites (tertiary alicyclic amines) is 2. The van der Waals surface area contributed by atoms with Crippen LogP contribution in [0.2, 0.25) is 0 Å². The quantitative estimate of drug-likeness (QED) is 0.818. The second-order valence-electron chi connectivity index (χ2n) is 7.99. The number of benzene rings is 1. The average Bonchev–Trinajstić information content (AvgIpc) is 2.69. The molecule has 2 amide bonds. The third-order valence-corrected chi connectivity index (χ3v) is 6.46. The molecule has 0 aliphatic carbocycles. The lowest BCUT2D eigenvalue weighted by atomic mass is 9.72. The van der Waals surface area contributed by atoms with Gasteiger partial charge >= 0.3 is 0 Å². The van der Waals surface area contributed by atoms with Crippen LogP contribution in [-0.2, 0) is 16.0 Å². The summed E-state index contributed by atoms with van der Waals surface area (Å²) in [6.45, 7) is 5.27. The molecule has 5 heteroatoms. The Bertz CT molecular complexity index is 694. The monoisotopic (exact) mass is 356 g/mol. The van der Waals surface area contributed by atoms with E-state index >= 15 is 0 Å². The average molecular weight is 356 g/mol. The molecule has 0 saturated carbocycles. The van der Waals surface area contributed by atoms with Crippen LogP contribution in [0.15, 0.2) is 24.3 Å². The molecule has 0 aromatic heterocycles. The molecule has 0 N–H and O–H groups in total. The lowest BCUT2D eigenvalue weighted by Crippen LogP contribution is -2.54. The lowest BCUT2D eigenvalue weighted by Gasteiger charge is -2.47. The number of fused-ring (bicyclic) bond motifs is 1. The van der Waals surface area contributed by atoms with Gasteiger partial charge in [-0.15, -0.1) is 0 Å². The number of carbonyl (C=O) groups excluding carboxylic acids is 2. The molecule has 140 valence electrons.